The first-order valence-electron chi connectivity index (χ1n) is 2.68. The van der Waals surface area contributed by atoms with Crippen LogP contribution in [0.4, 0.5) is 5.69 Å². The number of anilines is 1. The highest BCUT2D eigenvalue weighted by molar-refractivity contribution is 6.33. The SMILES string of the molecule is CNc1ccc[c]c1Cl. The van der Waals surface area contributed by atoms with Crippen molar-refractivity contribution in [1.29, 1.82) is 0 Å². The summed E-state index contributed by atoms with van der Waals surface area (Å²) in [5, 5.41) is 3.57. The topological polar surface area (TPSA) is 12.0 Å². The fourth-order valence-electron chi connectivity index (χ4n) is 0.610. The molecule has 47 valence electrons. The highest BCUT2D eigenvalue weighted by atomic mass is 35.5. The summed E-state index contributed by atoms with van der Waals surface area (Å²) in [7, 11) is 1.83. The van der Waals surface area contributed by atoms with Crippen LogP contribution in [-0.2, 0) is 0 Å². The molecule has 0 aliphatic carbocycles. The number of nitrogens with one attached hydrogen (secondary N) is 1. The molecule has 0 atom stereocenters. The third kappa shape index (κ3) is 1.36. The van der Waals surface area contributed by atoms with Crippen molar-refractivity contribution < 1.29 is 0 Å². The Bertz CT molecular complexity index is 198. The lowest BCUT2D eigenvalue weighted by Crippen LogP contribution is -1.86. The second kappa shape index (κ2) is 2.74. The van der Waals surface area contributed by atoms with E-state index < -0.39 is 0 Å². The van der Waals surface area contributed by atoms with Gasteiger partial charge in [-0.2, -0.15) is 0 Å². The van der Waals surface area contributed by atoms with Gasteiger partial charge in [-0.3, -0.25) is 0 Å². The summed E-state index contributed by atoms with van der Waals surface area (Å²) in [5.41, 5.74) is 0.916. The predicted molar refractivity (Wildman–Crippen MR) is 39.8 cm³/mol. The molecular formula is C7H7ClN. The third-order valence-electron chi connectivity index (χ3n) is 1.07. The Morgan fingerprint density at radius 1 is 1.67 bits per heavy atom. The zero-order chi connectivity index (χ0) is 6.69. The summed E-state index contributed by atoms with van der Waals surface area (Å²) in [6.07, 6.45) is 0. The molecule has 0 saturated heterocycles. The molecule has 0 saturated carbocycles. The second-order valence-electron chi connectivity index (χ2n) is 1.65. The van der Waals surface area contributed by atoms with Crippen LogP contribution in [0.15, 0.2) is 18.2 Å². The molecule has 0 aromatic heterocycles. The first-order chi connectivity index (χ1) is 4.34. The Morgan fingerprint density at radius 3 is 2.89 bits per heavy atom. The van der Waals surface area contributed by atoms with Gasteiger partial charge in [-0.05, 0) is 6.07 Å². The molecular weight excluding hydrogens is 134 g/mol. The van der Waals surface area contributed by atoms with Crippen LogP contribution in [0.3, 0.4) is 0 Å². The molecule has 0 heterocycles. The Balaban J connectivity index is 3.01. The van der Waals surface area contributed by atoms with Gasteiger partial charge in [0.15, 0.2) is 0 Å². The summed E-state index contributed by atoms with van der Waals surface area (Å²) in [6, 6.07) is 8.42. The van der Waals surface area contributed by atoms with Crippen molar-refractivity contribution in [3.8, 4) is 0 Å². The van der Waals surface area contributed by atoms with Gasteiger partial charge in [0.05, 0.1) is 10.7 Å². The molecule has 1 N–H and O–H groups in total. The minimum Gasteiger partial charge on any atom is -0.387 e. The van der Waals surface area contributed by atoms with Crippen molar-refractivity contribution in [2.45, 2.75) is 0 Å². The van der Waals surface area contributed by atoms with Gasteiger partial charge in [-0.15, -0.1) is 0 Å². The van der Waals surface area contributed by atoms with E-state index in [1.54, 1.807) is 6.07 Å². The van der Waals surface area contributed by atoms with E-state index in [0.717, 1.165) is 5.69 Å². The molecule has 1 aromatic rings. The average Bonchev–Trinajstić information content (AvgIpc) is 1.89. The van der Waals surface area contributed by atoms with Crippen molar-refractivity contribution >= 4 is 17.3 Å². The van der Waals surface area contributed by atoms with E-state index in [2.05, 4.69) is 11.4 Å². The maximum absolute atomic E-state index is 5.71. The molecule has 1 radical (unpaired) electrons. The van der Waals surface area contributed by atoms with Gasteiger partial charge in [0, 0.05) is 13.1 Å². The summed E-state index contributed by atoms with van der Waals surface area (Å²) >= 11 is 5.71. The molecule has 0 unspecified atom stereocenters. The van der Waals surface area contributed by atoms with Crippen molar-refractivity contribution in [3.63, 3.8) is 0 Å². The van der Waals surface area contributed by atoms with Gasteiger partial charge in [0.2, 0.25) is 0 Å². The zero-order valence-corrected chi connectivity index (χ0v) is 5.87. The van der Waals surface area contributed by atoms with Crippen LogP contribution in [0.25, 0.3) is 0 Å². The first kappa shape index (κ1) is 6.43. The van der Waals surface area contributed by atoms with Crippen LogP contribution in [0.2, 0.25) is 5.02 Å². The van der Waals surface area contributed by atoms with E-state index in [-0.39, 0.29) is 0 Å². The molecule has 0 bridgehead atoms. The summed E-state index contributed by atoms with van der Waals surface area (Å²) < 4.78 is 0. The normalized spacial score (nSPS) is 9.11. The smallest absolute Gasteiger partial charge is 0.0716 e. The number of hydrogen-bond donors (Lipinski definition) is 1. The van der Waals surface area contributed by atoms with Crippen molar-refractivity contribution in [2.24, 2.45) is 0 Å². The lowest BCUT2D eigenvalue weighted by Gasteiger charge is -1.98. The monoisotopic (exact) mass is 140 g/mol. The van der Waals surface area contributed by atoms with Crippen LogP contribution in [0.1, 0.15) is 0 Å². The van der Waals surface area contributed by atoms with Crippen molar-refractivity contribution in [3.05, 3.63) is 29.3 Å². The van der Waals surface area contributed by atoms with Gasteiger partial charge in [-0.25, -0.2) is 0 Å². The quantitative estimate of drug-likeness (QED) is 0.631. The molecule has 2 heteroatoms. The average molecular weight is 141 g/mol. The predicted octanol–water partition coefficient (Wildman–Crippen LogP) is 2.18. The Hall–Kier alpha value is -0.690. The number of halogens is 1. The fraction of sp³-hybridized carbons (Fsp3) is 0.143. The van der Waals surface area contributed by atoms with E-state index in [4.69, 9.17) is 11.6 Å². The van der Waals surface area contributed by atoms with Crippen molar-refractivity contribution in [1.82, 2.24) is 0 Å². The highest BCUT2D eigenvalue weighted by Gasteiger charge is 1.91. The highest BCUT2D eigenvalue weighted by Crippen LogP contribution is 2.18. The van der Waals surface area contributed by atoms with Crippen LogP contribution in [0.5, 0.6) is 0 Å². The second-order valence-corrected chi connectivity index (χ2v) is 2.03. The minimum atomic E-state index is 0.639. The fourth-order valence-corrected chi connectivity index (χ4v) is 0.830. The van der Waals surface area contributed by atoms with E-state index in [0.29, 0.717) is 5.02 Å². The Morgan fingerprint density at radius 2 is 2.44 bits per heavy atom. The lowest BCUT2D eigenvalue weighted by molar-refractivity contribution is 1.51. The Labute approximate surface area is 59.6 Å². The van der Waals surface area contributed by atoms with Gasteiger partial charge >= 0.3 is 0 Å². The molecule has 1 rings (SSSR count). The molecule has 0 aliphatic rings. The molecule has 9 heavy (non-hydrogen) atoms. The van der Waals surface area contributed by atoms with Gasteiger partial charge in [0.25, 0.3) is 0 Å². The lowest BCUT2D eigenvalue weighted by atomic mass is 10.3. The van der Waals surface area contributed by atoms with E-state index in [1.165, 1.54) is 0 Å². The van der Waals surface area contributed by atoms with Gasteiger partial charge < -0.3 is 5.32 Å². The van der Waals surface area contributed by atoms with Crippen LogP contribution < -0.4 is 5.32 Å². The molecule has 1 aromatic carbocycles. The van der Waals surface area contributed by atoms with E-state index in [9.17, 15) is 0 Å². The number of benzene rings is 1. The van der Waals surface area contributed by atoms with Crippen LogP contribution >= 0.6 is 11.6 Å². The molecule has 1 nitrogen and oxygen atoms in total. The first-order valence-corrected chi connectivity index (χ1v) is 3.06. The molecule has 0 aliphatic heterocycles. The zero-order valence-electron chi connectivity index (χ0n) is 5.11. The molecule has 0 fully saturated rings. The largest absolute Gasteiger partial charge is 0.387 e. The van der Waals surface area contributed by atoms with E-state index >= 15 is 0 Å². The van der Waals surface area contributed by atoms with Crippen molar-refractivity contribution in [2.75, 3.05) is 12.4 Å². The van der Waals surface area contributed by atoms with Crippen LogP contribution in [-0.4, -0.2) is 7.05 Å². The van der Waals surface area contributed by atoms with E-state index in [1.807, 2.05) is 19.2 Å². The summed E-state index contributed by atoms with van der Waals surface area (Å²) in [5.74, 6) is 0. The van der Waals surface area contributed by atoms with Gasteiger partial charge in [0.1, 0.15) is 0 Å². The maximum atomic E-state index is 5.71. The molecule has 0 spiro atoms. The third-order valence-corrected chi connectivity index (χ3v) is 1.39. The summed E-state index contributed by atoms with van der Waals surface area (Å²) in [6.45, 7) is 0. The molecule has 0 amide bonds. The number of rotatable bonds is 1. The summed E-state index contributed by atoms with van der Waals surface area (Å²) in [4.78, 5) is 0. The number of hydrogen-bond acceptors (Lipinski definition) is 1. The van der Waals surface area contributed by atoms with Gasteiger partial charge in [-0.1, -0.05) is 23.7 Å². The minimum absolute atomic E-state index is 0.639. The van der Waals surface area contributed by atoms with Crippen LogP contribution in [0, 0.1) is 6.07 Å². The maximum Gasteiger partial charge on any atom is 0.0716 e. The standard InChI is InChI=1S/C7H7ClN/c1-9-7-5-3-2-4-6(7)8/h2-3,5,9H,1H3. The Kier molecular flexibility index (Phi) is 1.96.